The van der Waals surface area contributed by atoms with Crippen LogP contribution >= 0.6 is 15.9 Å². The highest BCUT2D eigenvalue weighted by Crippen LogP contribution is 2.42. The van der Waals surface area contributed by atoms with E-state index in [0.717, 1.165) is 15.0 Å². The van der Waals surface area contributed by atoms with Crippen molar-refractivity contribution < 1.29 is 19.1 Å². The lowest BCUT2D eigenvalue weighted by molar-refractivity contribution is -0.131. The number of nitrogens with zero attached hydrogens (tertiary/aromatic N) is 1. The quantitative estimate of drug-likeness (QED) is 0.736. The maximum atomic E-state index is 12.8. The zero-order valence-electron chi connectivity index (χ0n) is 14.6. The molecule has 7 heteroatoms. The Hall–Kier alpha value is -1.76. The van der Waals surface area contributed by atoms with E-state index >= 15 is 0 Å². The number of hydrogen-bond acceptors (Lipinski definition) is 4. The molecular formula is C17H23BrN2O4. The number of nitrogens with one attached hydrogen (secondary N) is 1. The summed E-state index contributed by atoms with van der Waals surface area (Å²) in [7, 11) is 1.47. The molecule has 0 aromatic heterocycles. The highest BCUT2D eigenvalue weighted by atomic mass is 79.9. The summed E-state index contributed by atoms with van der Waals surface area (Å²) in [6, 6.07) is 5.60. The molecule has 2 rings (SSSR count). The topological polar surface area (TPSA) is 67.9 Å². The van der Waals surface area contributed by atoms with Crippen LogP contribution in [-0.4, -0.2) is 36.3 Å². The Labute approximate surface area is 150 Å². The minimum atomic E-state index is -0.798. The van der Waals surface area contributed by atoms with Gasteiger partial charge in [-0.2, -0.15) is 0 Å². The number of para-hydroxylation sites is 1. The van der Waals surface area contributed by atoms with Crippen LogP contribution in [0.15, 0.2) is 22.7 Å². The molecule has 0 saturated carbocycles. The van der Waals surface area contributed by atoms with Gasteiger partial charge in [0, 0.05) is 12.6 Å². The van der Waals surface area contributed by atoms with Crippen LogP contribution in [0, 0.1) is 0 Å². The summed E-state index contributed by atoms with van der Waals surface area (Å²) in [6.45, 7) is 7.59. The van der Waals surface area contributed by atoms with Gasteiger partial charge in [-0.05, 0) is 56.1 Å². The molecule has 0 radical (unpaired) electrons. The number of halogens is 1. The van der Waals surface area contributed by atoms with E-state index in [1.807, 2.05) is 25.1 Å². The average molecular weight is 399 g/mol. The SMILES string of the molecule is CN(NC(=O)C1(C)CCOc2c(Br)cccc21)C(=O)OC(C)(C)C. The van der Waals surface area contributed by atoms with Crippen LogP contribution in [-0.2, 0) is 14.9 Å². The Kier molecular flexibility index (Phi) is 5.13. The lowest BCUT2D eigenvalue weighted by Gasteiger charge is -2.36. The molecule has 0 fully saturated rings. The zero-order valence-corrected chi connectivity index (χ0v) is 16.2. The summed E-state index contributed by atoms with van der Waals surface area (Å²) in [4.78, 5) is 24.9. The van der Waals surface area contributed by atoms with Gasteiger partial charge in [-0.25, -0.2) is 9.80 Å². The standard InChI is InChI=1S/C17H23BrN2O4/c1-16(2,3)24-15(22)20(5)19-14(21)17(4)9-10-23-13-11(17)7-6-8-12(13)18/h6-8H,9-10H2,1-5H3,(H,19,21). The molecule has 132 valence electrons. The van der Waals surface area contributed by atoms with Crippen molar-refractivity contribution in [2.24, 2.45) is 0 Å². The highest BCUT2D eigenvalue weighted by molar-refractivity contribution is 9.10. The molecule has 24 heavy (non-hydrogen) atoms. The number of benzene rings is 1. The molecule has 1 aromatic rings. The first-order chi connectivity index (χ1) is 11.0. The fraction of sp³-hybridized carbons (Fsp3) is 0.529. The Balaban J connectivity index is 2.19. The maximum Gasteiger partial charge on any atom is 0.428 e. The lowest BCUT2D eigenvalue weighted by Crippen LogP contribution is -2.53. The van der Waals surface area contributed by atoms with Gasteiger partial charge >= 0.3 is 6.09 Å². The van der Waals surface area contributed by atoms with E-state index in [1.165, 1.54) is 7.05 Å². The van der Waals surface area contributed by atoms with Crippen LogP contribution in [0.2, 0.25) is 0 Å². The molecule has 0 aliphatic carbocycles. The maximum absolute atomic E-state index is 12.8. The summed E-state index contributed by atoms with van der Waals surface area (Å²) in [5.74, 6) is 0.389. The molecule has 1 heterocycles. The van der Waals surface area contributed by atoms with E-state index in [0.29, 0.717) is 18.8 Å². The van der Waals surface area contributed by atoms with E-state index < -0.39 is 17.1 Å². The Bertz CT molecular complexity index is 656. The average Bonchev–Trinajstić information content (AvgIpc) is 2.46. The second-order valence-electron chi connectivity index (χ2n) is 7.03. The van der Waals surface area contributed by atoms with Gasteiger partial charge in [-0.3, -0.25) is 10.2 Å². The summed E-state index contributed by atoms with van der Waals surface area (Å²) in [5.41, 5.74) is 1.98. The largest absolute Gasteiger partial charge is 0.492 e. The van der Waals surface area contributed by atoms with Crippen molar-refractivity contribution in [3.05, 3.63) is 28.2 Å². The third-order valence-electron chi connectivity index (χ3n) is 3.85. The predicted octanol–water partition coefficient (Wildman–Crippen LogP) is 3.39. The fourth-order valence-electron chi connectivity index (χ4n) is 2.47. The second-order valence-corrected chi connectivity index (χ2v) is 7.88. The summed E-state index contributed by atoms with van der Waals surface area (Å²) in [6.07, 6.45) is -0.0919. The van der Waals surface area contributed by atoms with Crippen LogP contribution in [0.1, 0.15) is 39.7 Å². The van der Waals surface area contributed by atoms with Crippen LogP contribution in [0.5, 0.6) is 5.75 Å². The minimum Gasteiger partial charge on any atom is -0.492 e. The minimum absolute atomic E-state index is 0.279. The van der Waals surface area contributed by atoms with E-state index in [9.17, 15) is 9.59 Å². The molecule has 0 spiro atoms. The van der Waals surface area contributed by atoms with Crippen molar-refractivity contribution in [1.82, 2.24) is 10.4 Å². The molecule has 1 aromatic carbocycles. The number of amides is 2. The van der Waals surface area contributed by atoms with E-state index in [2.05, 4.69) is 21.4 Å². The lowest BCUT2D eigenvalue weighted by atomic mass is 9.77. The molecule has 1 atom stereocenters. The molecule has 1 aliphatic heterocycles. The Morgan fingerprint density at radius 2 is 2.04 bits per heavy atom. The number of rotatable bonds is 1. The van der Waals surface area contributed by atoms with Gasteiger partial charge in [0.1, 0.15) is 11.4 Å². The Morgan fingerprint density at radius 1 is 1.38 bits per heavy atom. The number of hydrogen-bond donors (Lipinski definition) is 1. The first-order valence-corrected chi connectivity index (χ1v) is 8.53. The molecule has 6 nitrogen and oxygen atoms in total. The molecular weight excluding hydrogens is 376 g/mol. The van der Waals surface area contributed by atoms with Crippen molar-refractivity contribution >= 4 is 27.9 Å². The van der Waals surface area contributed by atoms with Crippen LogP contribution in [0.25, 0.3) is 0 Å². The van der Waals surface area contributed by atoms with Gasteiger partial charge < -0.3 is 9.47 Å². The van der Waals surface area contributed by atoms with Gasteiger partial charge in [-0.1, -0.05) is 12.1 Å². The third kappa shape index (κ3) is 3.83. The van der Waals surface area contributed by atoms with Gasteiger partial charge in [0.2, 0.25) is 5.91 Å². The van der Waals surface area contributed by atoms with Crippen molar-refractivity contribution in [3.63, 3.8) is 0 Å². The van der Waals surface area contributed by atoms with Crippen LogP contribution in [0.3, 0.4) is 0 Å². The number of ether oxygens (including phenoxy) is 2. The number of hydrazine groups is 1. The number of fused-ring (bicyclic) bond motifs is 1. The first-order valence-electron chi connectivity index (χ1n) is 7.74. The van der Waals surface area contributed by atoms with Crippen LogP contribution in [0.4, 0.5) is 4.79 Å². The van der Waals surface area contributed by atoms with Gasteiger partial charge in [0.15, 0.2) is 0 Å². The molecule has 1 N–H and O–H groups in total. The summed E-state index contributed by atoms with van der Waals surface area (Å²) in [5, 5.41) is 1.08. The summed E-state index contributed by atoms with van der Waals surface area (Å²) >= 11 is 3.45. The van der Waals surface area contributed by atoms with E-state index in [1.54, 1.807) is 20.8 Å². The number of carbonyl (C=O) groups excluding carboxylic acids is 2. The zero-order chi connectivity index (χ0) is 18.1. The molecule has 1 aliphatic rings. The smallest absolute Gasteiger partial charge is 0.428 e. The normalized spacial score (nSPS) is 19.8. The van der Waals surface area contributed by atoms with Gasteiger partial charge in [0.25, 0.3) is 0 Å². The summed E-state index contributed by atoms with van der Waals surface area (Å²) < 4.78 is 11.7. The van der Waals surface area contributed by atoms with Crippen molar-refractivity contribution in [1.29, 1.82) is 0 Å². The van der Waals surface area contributed by atoms with Crippen molar-refractivity contribution in [2.45, 2.75) is 45.1 Å². The van der Waals surface area contributed by atoms with Gasteiger partial charge in [-0.15, -0.1) is 0 Å². The van der Waals surface area contributed by atoms with Crippen LogP contribution < -0.4 is 10.2 Å². The first kappa shape index (κ1) is 18.6. The predicted molar refractivity (Wildman–Crippen MR) is 93.7 cm³/mol. The Morgan fingerprint density at radius 3 is 2.67 bits per heavy atom. The second kappa shape index (κ2) is 6.63. The third-order valence-corrected chi connectivity index (χ3v) is 4.47. The van der Waals surface area contributed by atoms with Gasteiger partial charge in [0.05, 0.1) is 16.5 Å². The van der Waals surface area contributed by atoms with E-state index in [-0.39, 0.29) is 5.91 Å². The fourth-order valence-corrected chi connectivity index (χ4v) is 2.95. The molecule has 0 saturated heterocycles. The number of carbonyl (C=O) groups is 2. The van der Waals surface area contributed by atoms with Crippen molar-refractivity contribution in [3.8, 4) is 5.75 Å². The molecule has 2 amide bonds. The molecule has 0 bridgehead atoms. The van der Waals surface area contributed by atoms with E-state index in [4.69, 9.17) is 9.47 Å². The highest BCUT2D eigenvalue weighted by Gasteiger charge is 2.41. The monoisotopic (exact) mass is 398 g/mol. The molecule has 1 unspecified atom stereocenters. The van der Waals surface area contributed by atoms with Crippen molar-refractivity contribution in [2.75, 3.05) is 13.7 Å².